The van der Waals surface area contributed by atoms with Crippen molar-refractivity contribution in [3.05, 3.63) is 35.6 Å². The third kappa shape index (κ3) is 4.17. The zero-order chi connectivity index (χ0) is 12.1. The van der Waals surface area contributed by atoms with E-state index in [9.17, 15) is 9.18 Å². The Morgan fingerprint density at radius 1 is 1.24 bits per heavy atom. The maximum Gasteiger partial charge on any atom is 0.338 e. The number of hydrogen-bond donors (Lipinski definition) is 0. The molecule has 1 saturated carbocycles. The van der Waals surface area contributed by atoms with Gasteiger partial charge in [-0.2, -0.15) is 0 Å². The minimum Gasteiger partial charge on any atom is -0.462 e. The predicted octanol–water partition coefficient (Wildman–Crippen LogP) is 3.56. The number of hydrogen-bond acceptors (Lipinski definition) is 2. The van der Waals surface area contributed by atoms with E-state index in [1.807, 2.05) is 0 Å². The normalized spacial score (nSPS) is 14.6. The largest absolute Gasteiger partial charge is 0.462 e. The third-order valence-corrected chi connectivity index (χ3v) is 3.02. The summed E-state index contributed by atoms with van der Waals surface area (Å²) in [4.78, 5) is 11.5. The maximum absolute atomic E-state index is 12.6. The van der Waals surface area contributed by atoms with Gasteiger partial charge in [-0.25, -0.2) is 9.18 Å². The molecule has 1 aliphatic carbocycles. The Labute approximate surface area is 101 Å². The fraction of sp³-hybridized carbons (Fsp3) is 0.500. The van der Waals surface area contributed by atoms with Crippen LogP contribution in [0.1, 0.15) is 42.5 Å². The SMILES string of the molecule is O=C(OCCCCC1CC1)c1ccc(F)cc1. The van der Waals surface area contributed by atoms with E-state index < -0.39 is 0 Å². The van der Waals surface area contributed by atoms with Crippen LogP contribution in [0.15, 0.2) is 24.3 Å². The van der Waals surface area contributed by atoms with E-state index >= 15 is 0 Å². The van der Waals surface area contributed by atoms with Crippen LogP contribution in [0.2, 0.25) is 0 Å². The quantitative estimate of drug-likeness (QED) is 0.557. The zero-order valence-electron chi connectivity index (χ0n) is 9.82. The number of rotatable bonds is 6. The number of carbonyl (C=O) groups is 1. The standard InChI is InChI=1S/C14H17FO2/c15-13-8-6-12(7-9-13)14(16)17-10-2-1-3-11-4-5-11/h6-9,11H,1-5,10H2. The molecule has 0 amide bonds. The Morgan fingerprint density at radius 2 is 1.94 bits per heavy atom. The molecule has 0 bridgehead atoms. The lowest BCUT2D eigenvalue weighted by Crippen LogP contribution is -2.06. The van der Waals surface area contributed by atoms with E-state index in [-0.39, 0.29) is 11.8 Å². The molecule has 1 aromatic carbocycles. The van der Waals surface area contributed by atoms with Crippen LogP contribution >= 0.6 is 0 Å². The molecule has 0 heterocycles. The highest BCUT2D eigenvalue weighted by Gasteiger charge is 2.20. The molecule has 1 fully saturated rings. The molecule has 0 spiro atoms. The number of benzene rings is 1. The van der Waals surface area contributed by atoms with Crippen LogP contribution in [0, 0.1) is 11.7 Å². The molecule has 2 nitrogen and oxygen atoms in total. The van der Waals surface area contributed by atoms with Crippen molar-refractivity contribution < 1.29 is 13.9 Å². The summed E-state index contributed by atoms with van der Waals surface area (Å²) in [5.41, 5.74) is 0.411. The highest BCUT2D eigenvalue weighted by atomic mass is 19.1. The summed E-state index contributed by atoms with van der Waals surface area (Å²) in [6, 6.07) is 5.43. The summed E-state index contributed by atoms with van der Waals surface area (Å²) in [6.45, 7) is 0.461. The highest BCUT2D eigenvalue weighted by Crippen LogP contribution is 2.33. The van der Waals surface area contributed by atoms with Crippen LogP contribution in [0.3, 0.4) is 0 Å². The van der Waals surface area contributed by atoms with E-state index in [1.54, 1.807) is 0 Å². The lowest BCUT2D eigenvalue weighted by molar-refractivity contribution is 0.0497. The first kappa shape index (κ1) is 12.1. The molecule has 0 radical (unpaired) electrons. The molecule has 0 unspecified atom stereocenters. The van der Waals surface area contributed by atoms with Crippen molar-refractivity contribution in [2.75, 3.05) is 6.61 Å². The monoisotopic (exact) mass is 236 g/mol. The van der Waals surface area contributed by atoms with Gasteiger partial charge >= 0.3 is 5.97 Å². The second kappa shape index (κ2) is 5.80. The second-order valence-electron chi connectivity index (χ2n) is 4.58. The van der Waals surface area contributed by atoms with Crippen LogP contribution < -0.4 is 0 Å². The minimum absolute atomic E-state index is 0.342. The van der Waals surface area contributed by atoms with Crippen molar-refractivity contribution in [2.24, 2.45) is 5.92 Å². The molecular formula is C14H17FO2. The van der Waals surface area contributed by atoms with Crippen LogP contribution in [0.25, 0.3) is 0 Å². The van der Waals surface area contributed by atoms with E-state index in [4.69, 9.17) is 4.74 Å². The molecular weight excluding hydrogens is 219 g/mol. The van der Waals surface area contributed by atoms with Gasteiger partial charge in [0, 0.05) is 0 Å². The molecule has 0 saturated heterocycles. The Bertz CT molecular complexity index is 368. The predicted molar refractivity (Wildman–Crippen MR) is 63.3 cm³/mol. The van der Waals surface area contributed by atoms with Gasteiger partial charge in [-0.3, -0.25) is 0 Å². The first-order chi connectivity index (χ1) is 8.25. The van der Waals surface area contributed by atoms with Gasteiger partial charge in [0.1, 0.15) is 5.82 Å². The number of ether oxygens (including phenoxy) is 1. The zero-order valence-corrected chi connectivity index (χ0v) is 9.82. The van der Waals surface area contributed by atoms with E-state index in [0.717, 1.165) is 18.8 Å². The molecule has 0 aliphatic heterocycles. The molecule has 92 valence electrons. The molecule has 1 aliphatic rings. The van der Waals surface area contributed by atoms with Crippen molar-refractivity contribution in [3.8, 4) is 0 Å². The van der Waals surface area contributed by atoms with Gasteiger partial charge in [-0.1, -0.05) is 19.3 Å². The summed E-state index contributed by atoms with van der Waals surface area (Å²) >= 11 is 0. The van der Waals surface area contributed by atoms with Crippen LogP contribution in [-0.4, -0.2) is 12.6 Å². The molecule has 2 rings (SSSR count). The van der Waals surface area contributed by atoms with Crippen LogP contribution in [0.5, 0.6) is 0 Å². The molecule has 3 heteroatoms. The fourth-order valence-electron chi connectivity index (χ4n) is 1.78. The smallest absolute Gasteiger partial charge is 0.338 e. The van der Waals surface area contributed by atoms with Gasteiger partial charge in [0.05, 0.1) is 12.2 Å². The molecule has 0 atom stereocenters. The number of esters is 1. The summed E-state index contributed by atoms with van der Waals surface area (Å²) < 4.78 is 17.7. The summed E-state index contributed by atoms with van der Waals surface area (Å²) in [5.74, 6) is 0.227. The number of halogens is 1. The summed E-state index contributed by atoms with van der Waals surface area (Å²) in [6.07, 6.45) is 6.05. The third-order valence-electron chi connectivity index (χ3n) is 3.02. The number of unbranched alkanes of at least 4 members (excludes halogenated alkanes) is 1. The van der Waals surface area contributed by atoms with E-state index in [0.29, 0.717) is 12.2 Å². The van der Waals surface area contributed by atoms with Gasteiger partial charge in [0.25, 0.3) is 0 Å². The van der Waals surface area contributed by atoms with E-state index in [1.165, 1.54) is 43.5 Å². The van der Waals surface area contributed by atoms with Gasteiger partial charge in [-0.15, -0.1) is 0 Å². The van der Waals surface area contributed by atoms with Crippen molar-refractivity contribution in [3.63, 3.8) is 0 Å². The fourth-order valence-corrected chi connectivity index (χ4v) is 1.78. The summed E-state index contributed by atoms with van der Waals surface area (Å²) in [5, 5.41) is 0. The average Bonchev–Trinajstić information content (AvgIpc) is 3.13. The Balaban J connectivity index is 1.64. The molecule has 17 heavy (non-hydrogen) atoms. The van der Waals surface area contributed by atoms with Gasteiger partial charge in [-0.05, 0) is 43.0 Å². The van der Waals surface area contributed by atoms with E-state index in [2.05, 4.69) is 0 Å². The second-order valence-corrected chi connectivity index (χ2v) is 4.58. The molecule has 0 N–H and O–H groups in total. The van der Waals surface area contributed by atoms with Crippen molar-refractivity contribution in [1.29, 1.82) is 0 Å². The Morgan fingerprint density at radius 3 is 2.59 bits per heavy atom. The first-order valence-electron chi connectivity index (χ1n) is 6.18. The van der Waals surface area contributed by atoms with Crippen LogP contribution in [-0.2, 0) is 4.74 Å². The maximum atomic E-state index is 12.6. The first-order valence-corrected chi connectivity index (χ1v) is 6.18. The topological polar surface area (TPSA) is 26.3 Å². The lowest BCUT2D eigenvalue weighted by atomic mass is 10.2. The van der Waals surface area contributed by atoms with Crippen molar-refractivity contribution in [2.45, 2.75) is 32.1 Å². The summed E-state index contributed by atoms with van der Waals surface area (Å²) in [7, 11) is 0. The van der Waals surface area contributed by atoms with Gasteiger partial charge in [0.2, 0.25) is 0 Å². The Kier molecular flexibility index (Phi) is 4.13. The molecule has 1 aromatic rings. The van der Waals surface area contributed by atoms with Crippen molar-refractivity contribution >= 4 is 5.97 Å². The Hall–Kier alpha value is -1.38. The van der Waals surface area contributed by atoms with Gasteiger partial charge < -0.3 is 4.74 Å². The molecule has 0 aromatic heterocycles. The van der Waals surface area contributed by atoms with Gasteiger partial charge in [0.15, 0.2) is 0 Å². The highest BCUT2D eigenvalue weighted by molar-refractivity contribution is 5.89. The lowest BCUT2D eigenvalue weighted by Gasteiger charge is -2.04. The number of carbonyl (C=O) groups excluding carboxylic acids is 1. The van der Waals surface area contributed by atoms with Crippen LogP contribution in [0.4, 0.5) is 4.39 Å². The average molecular weight is 236 g/mol. The minimum atomic E-state index is -0.364. The van der Waals surface area contributed by atoms with Crippen molar-refractivity contribution in [1.82, 2.24) is 0 Å².